The second-order valence-electron chi connectivity index (χ2n) is 6.27. The van der Waals surface area contributed by atoms with Gasteiger partial charge in [0.2, 0.25) is 0 Å². The summed E-state index contributed by atoms with van der Waals surface area (Å²) in [6, 6.07) is 10.3. The molecule has 0 N–H and O–H groups in total. The highest BCUT2D eigenvalue weighted by Gasteiger charge is 2.34. The van der Waals surface area contributed by atoms with Gasteiger partial charge in [-0.1, -0.05) is 29.8 Å². The van der Waals surface area contributed by atoms with E-state index in [0.29, 0.717) is 18.8 Å². The zero-order chi connectivity index (χ0) is 19.4. The van der Waals surface area contributed by atoms with Crippen molar-refractivity contribution in [3.8, 4) is 11.6 Å². The molecule has 27 heavy (non-hydrogen) atoms. The number of amides is 1. The maximum absolute atomic E-state index is 13.0. The molecule has 5 nitrogen and oxygen atoms in total. The smallest absolute Gasteiger partial charge is 0.406 e. The number of hydrogen-bond donors (Lipinski definition) is 0. The number of fused-ring (bicyclic) bond motifs is 1. The molecule has 144 valence electrons. The molecule has 8 heteroatoms. The van der Waals surface area contributed by atoms with Crippen LogP contribution in [-0.4, -0.2) is 48.3 Å². The van der Waals surface area contributed by atoms with Crippen molar-refractivity contribution in [2.24, 2.45) is 0 Å². The van der Waals surface area contributed by atoms with Crippen LogP contribution in [-0.2, 0) is 6.42 Å². The molecular formula is C19H19F3N2O3. The molecule has 0 aliphatic carbocycles. The molecule has 1 aliphatic heterocycles. The number of carbonyl (C=O) groups excluding carboxylic acids is 1. The lowest BCUT2D eigenvalue weighted by atomic mass is 10.1. The van der Waals surface area contributed by atoms with Crippen molar-refractivity contribution in [3.05, 3.63) is 53.2 Å². The van der Waals surface area contributed by atoms with Gasteiger partial charge in [0.15, 0.2) is 5.75 Å². The highest BCUT2D eigenvalue weighted by molar-refractivity contribution is 5.92. The number of rotatable bonds is 5. The van der Waals surface area contributed by atoms with Gasteiger partial charge in [-0.05, 0) is 31.0 Å². The molecule has 0 unspecified atom stereocenters. The molecule has 2 aromatic rings. The van der Waals surface area contributed by atoms with Gasteiger partial charge < -0.3 is 14.4 Å². The standard InChI is InChI=1S/C19H19F3N2O3/c1-13-2-4-14(5-3-13)8-9-24(12-19(20,21)22)18(25)15-6-7-16-17(23-15)27-11-10-26-16/h2-7H,8-12H2,1H3. The molecule has 0 saturated heterocycles. The summed E-state index contributed by atoms with van der Waals surface area (Å²) in [5.41, 5.74) is 1.81. The third kappa shape index (κ3) is 5.12. The molecule has 1 aliphatic rings. The zero-order valence-corrected chi connectivity index (χ0v) is 14.8. The number of halogens is 3. The summed E-state index contributed by atoms with van der Waals surface area (Å²) in [4.78, 5) is 17.4. The Balaban J connectivity index is 1.77. The van der Waals surface area contributed by atoms with Crippen LogP contribution in [0.5, 0.6) is 11.6 Å². The van der Waals surface area contributed by atoms with Crippen LogP contribution >= 0.6 is 0 Å². The Labute approximate surface area is 154 Å². The number of benzene rings is 1. The largest absolute Gasteiger partial charge is 0.484 e. The summed E-state index contributed by atoms with van der Waals surface area (Å²) in [6.07, 6.45) is -4.19. The minimum absolute atomic E-state index is 0.0719. The molecule has 0 radical (unpaired) electrons. The Morgan fingerprint density at radius 3 is 2.52 bits per heavy atom. The van der Waals surface area contributed by atoms with Crippen molar-refractivity contribution in [2.45, 2.75) is 19.5 Å². The van der Waals surface area contributed by atoms with E-state index in [0.717, 1.165) is 16.0 Å². The van der Waals surface area contributed by atoms with Crippen molar-refractivity contribution in [2.75, 3.05) is 26.3 Å². The molecule has 1 aromatic carbocycles. The van der Waals surface area contributed by atoms with Gasteiger partial charge in [-0.3, -0.25) is 4.79 Å². The van der Waals surface area contributed by atoms with E-state index >= 15 is 0 Å². The van der Waals surface area contributed by atoms with E-state index in [9.17, 15) is 18.0 Å². The van der Waals surface area contributed by atoms with Crippen molar-refractivity contribution in [1.82, 2.24) is 9.88 Å². The first-order valence-electron chi connectivity index (χ1n) is 8.50. The summed E-state index contributed by atoms with van der Waals surface area (Å²) >= 11 is 0. The lowest BCUT2D eigenvalue weighted by molar-refractivity contribution is -0.140. The fourth-order valence-electron chi connectivity index (χ4n) is 2.70. The second kappa shape index (κ2) is 7.85. The molecule has 3 rings (SSSR count). The van der Waals surface area contributed by atoms with Crippen LogP contribution in [0, 0.1) is 6.92 Å². The number of hydrogen-bond acceptors (Lipinski definition) is 4. The molecule has 1 aromatic heterocycles. The fourth-order valence-corrected chi connectivity index (χ4v) is 2.70. The van der Waals surface area contributed by atoms with Crippen LogP contribution < -0.4 is 9.47 Å². The highest BCUT2D eigenvalue weighted by Crippen LogP contribution is 2.28. The minimum Gasteiger partial charge on any atom is -0.484 e. The first-order chi connectivity index (χ1) is 12.8. The third-order valence-electron chi connectivity index (χ3n) is 4.07. The Morgan fingerprint density at radius 1 is 1.11 bits per heavy atom. The first-order valence-corrected chi connectivity index (χ1v) is 8.50. The van der Waals surface area contributed by atoms with Gasteiger partial charge in [-0.15, -0.1) is 0 Å². The monoisotopic (exact) mass is 380 g/mol. The van der Waals surface area contributed by atoms with Gasteiger partial charge >= 0.3 is 6.18 Å². The fraction of sp³-hybridized carbons (Fsp3) is 0.368. The average Bonchev–Trinajstić information content (AvgIpc) is 2.64. The lowest BCUT2D eigenvalue weighted by Crippen LogP contribution is -2.40. The molecule has 0 atom stereocenters. The normalized spacial score (nSPS) is 13.3. The number of aryl methyl sites for hydroxylation is 1. The number of carbonyl (C=O) groups is 1. The van der Waals surface area contributed by atoms with Gasteiger partial charge in [-0.25, -0.2) is 4.98 Å². The van der Waals surface area contributed by atoms with Gasteiger partial charge in [0.05, 0.1) is 0 Å². The SMILES string of the molecule is Cc1ccc(CCN(CC(F)(F)F)C(=O)c2ccc3c(n2)OCCO3)cc1. The maximum atomic E-state index is 13.0. The Hall–Kier alpha value is -2.77. The van der Waals surface area contributed by atoms with E-state index in [4.69, 9.17) is 9.47 Å². The first kappa shape index (κ1) is 19.0. The van der Waals surface area contributed by atoms with Crippen molar-refractivity contribution in [3.63, 3.8) is 0 Å². The number of ether oxygens (including phenoxy) is 2. The average molecular weight is 380 g/mol. The molecular weight excluding hydrogens is 361 g/mol. The highest BCUT2D eigenvalue weighted by atomic mass is 19.4. The molecule has 0 spiro atoms. The van der Waals surface area contributed by atoms with Gasteiger partial charge in [0.25, 0.3) is 11.8 Å². The Kier molecular flexibility index (Phi) is 5.53. The van der Waals surface area contributed by atoms with Gasteiger partial charge in [0, 0.05) is 6.54 Å². The Bertz CT molecular complexity index is 807. The molecule has 0 bridgehead atoms. The summed E-state index contributed by atoms with van der Waals surface area (Å²) in [5.74, 6) is -0.297. The predicted molar refractivity (Wildman–Crippen MR) is 92.1 cm³/mol. The number of alkyl halides is 3. The van der Waals surface area contributed by atoms with Gasteiger partial charge in [-0.2, -0.15) is 13.2 Å². The minimum atomic E-state index is -4.50. The molecule has 0 fully saturated rings. The molecule has 2 heterocycles. The Morgan fingerprint density at radius 2 is 1.81 bits per heavy atom. The van der Waals surface area contributed by atoms with Crippen LogP contribution in [0.3, 0.4) is 0 Å². The number of aromatic nitrogens is 1. The van der Waals surface area contributed by atoms with E-state index in [-0.39, 0.29) is 24.7 Å². The topological polar surface area (TPSA) is 51.7 Å². The van der Waals surface area contributed by atoms with E-state index in [1.165, 1.54) is 12.1 Å². The third-order valence-corrected chi connectivity index (χ3v) is 4.07. The van der Waals surface area contributed by atoms with Crippen LogP contribution in [0.15, 0.2) is 36.4 Å². The molecule has 0 saturated carbocycles. The summed E-state index contributed by atoms with van der Waals surface area (Å²) in [6.45, 7) is 1.15. The molecule has 1 amide bonds. The van der Waals surface area contributed by atoms with E-state index < -0.39 is 18.6 Å². The van der Waals surface area contributed by atoms with Crippen molar-refractivity contribution < 1.29 is 27.4 Å². The van der Waals surface area contributed by atoms with E-state index in [2.05, 4.69) is 4.98 Å². The van der Waals surface area contributed by atoms with Crippen molar-refractivity contribution in [1.29, 1.82) is 0 Å². The lowest BCUT2D eigenvalue weighted by Gasteiger charge is -2.24. The predicted octanol–water partition coefficient (Wildman–Crippen LogP) is 3.41. The zero-order valence-electron chi connectivity index (χ0n) is 14.8. The van der Waals surface area contributed by atoms with Gasteiger partial charge in [0.1, 0.15) is 25.5 Å². The quantitative estimate of drug-likeness (QED) is 0.798. The number of nitrogens with zero attached hydrogens (tertiary/aromatic N) is 2. The van der Waals surface area contributed by atoms with Crippen LogP contribution in [0.2, 0.25) is 0 Å². The summed E-state index contributed by atoms with van der Waals surface area (Å²) in [5, 5.41) is 0. The van der Waals surface area contributed by atoms with Crippen LogP contribution in [0.4, 0.5) is 13.2 Å². The summed E-state index contributed by atoms with van der Waals surface area (Å²) in [7, 11) is 0. The second-order valence-corrected chi connectivity index (χ2v) is 6.27. The van der Waals surface area contributed by atoms with Crippen LogP contribution in [0.25, 0.3) is 0 Å². The van der Waals surface area contributed by atoms with E-state index in [1.807, 2.05) is 31.2 Å². The van der Waals surface area contributed by atoms with E-state index in [1.54, 1.807) is 0 Å². The maximum Gasteiger partial charge on any atom is 0.406 e. The van der Waals surface area contributed by atoms with Crippen molar-refractivity contribution >= 4 is 5.91 Å². The number of pyridine rings is 1. The summed E-state index contributed by atoms with van der Waals surface area (Å²) < 4.78 is 49.6. The van der Waals surface area contributed by atoms with Crippen LogP contribution in [0.1, 0.15) is 21.6 Å².